The summed E-state index contributed by atoms with van der Waals surface area (Å²) in [4.78, 5) is 67.7. The van der Waals surface area contributed by atoms with Crippen LogP contribution in [-0.4, -0.2) is 112 Å². The van der Waals surface area contributed by atoms with Crippen LogP contribution in [0.4, 0.5) is 34.5 Å². The topological polar surface area (TPSA) is 431 Å². The van der Waals surface area contributed by atoms with Crippen LogP contribution in [0.25, 0.3) is 83.9 Å². The average Bonchev–Trinajstić information content (AvgIpc) is 1.61. The van der Waals surface area contributed by atoms with E-state index >= 15 is 0 Å². The van der Waals surface area contributed by atoms with E-state index in [0.717, 1.165) is 51.8 Å². The molecular formula is C84H80N22O9S. The first-order valence-corrected chi connectivity index (χ1v) is 38.4. The Morgan fingerprint density at radius 3 is 1.03 bits per heavy atom. The number of rotatable bonds is 18. The Balaban J connectivity index is 0.000000144. The van der Waals surface area contributed by atoms with Crippen LogP contribution in [0.5, 0.6) is 11.5 Å². The van der Waals surface area contributed by atoms with E-state index in [2.05, 4.69) is 66.3 Å². The molecule has 0 fully saturated rings. The molecule has 0 unspecified atom stereocenters. The highest BCUT2D eigenvalue weighted by molar-refractivity contribution is 7.90. The predicted molar refractivity (Wildman–Crippen MR) is 440 cm³/mol. The monoisotopic (exact) mass is 1570 g/mol. The molecule has 0 radical (unpaired) electrons. The first-order valence-electron chi connectivity index (χ1n) is 36.5. The van der Waals surface area contributed by atoms with E-state index in [1.54, 1.807) is 81.0 Å². The van der Waals surface area contributed by atoms with Gasteiger partial charge in [0.1, 0.15) is 82.3 Å². The number of carbonyl (C=O) groups is 3. The number of aromatic nitrogens is 16. The molecule has 31 nitrogen and oxygen atoms in total. The molecule has 3 amide bonds. The molecule has 9 N–H and O–H groups in total. The maximum Gasteiger partial charge on any atom is 0.230 e. The van der Waals surface area contributed by atoms with Crippen LogP contribution in [0.15, 0.2) is 232 Å². The average molecular weight is 1570 g/mol. The Hall–Kier alpha value is -14.7. The number of nitrogens with one attached hydrogen (secondary N) is 3. The van der Waals surface area contributed by atoms with Crippen LogP contribution in [0.3, 0.4) is 0 Å². The summed E-state index contributed by atoms with van der Waals surface area (Å²) < 4.78 is 50.8. The number of anilines is 6. The number of carbonyl (C=O) groups excluding carboxylic acids is 3. The summed E-state index contributed by atoms with van der Waals surface area (Å²) in [6.07, 6.45) is 9.05. The lowest BCUT2D eigenvalue weighted by Gasteiger charge is -2.12. The number of sulfone groups is 1. The van der Waals surface area contributed by atoms with E-state index in [0.29, 0.717) is 113 Å². The third-order valence-electron chi connectivity index (χ3n) is 18.2. The molecule has 0 saturated carbocycles. The standard InChI is InChI=1S/C32H29N7O3.C27H27N7O4S.C25H24N8O2/c1-32(2,3)26-17-22(38-42-26)18-27(40)36-21-11-13-23(14-12-21)39-31-28(30(33)34-19-35-31)29(37-39)20-9-15-25(16-10-20)41-24-7-5-4-6-8-24;1-27(2,3)21-13-18(33-38-21)14-22(35)31-17-7-9-19(10-8-17)34-26-23(25(28)29-15-30-26)24(32-34)16-5-11-20(12-6-16)39(4,36)37;1-25(2,3)19-12-17(32-35-19)13-20(34)30-16-4-6-18(7-5-16)33-24-21(23(26)28-14-29-24)22(31-33)15-8-10-27-11-9-15/h4-17,19H,18H2,1-3H3,(H,36,40)(H2,33,34,35);5-13,15H,14H2,1-4H3,(H,31,35)(H2,28,29,30);4-12,14H,13H2,1-3H3,(H,30,34)(H2,26,28,29). The van der Waals surface area contributed by atoms with E-state index < -0.39 is 9.84 Å². The number of para-hydroxylation sites is 1. The molecule has 16 rings (SSSR count). The van der Waals surface area contributed by atoms with Crippen molar-refractivity contribution in [1.82, 2.24) is 79.7 Å². The molecule has 0 bridgehead atoms. The van der Waals surface area contributed by atoms with Gasteiger partial charge in [0.2, 0.25) is 17.7 Å². The number of benzene rings is 6. The lowest BCUT2D eigenvalue weighted by atomic mass is 9.93. The molecule has 0 spiro atoms. The number of hydrogen-bond donors (Lipinski definition) is 6. The van der Waals surface area contributed by atoms with Crippen molar-refractivity contribution >= 4 is 95.2 Å². The predicted octanol–water partition coefficient (Wildman–Crippen LogP) is 14.2. The summed E-state index contributed by atoms with van der Waals surface area (Å²) in [7, 11) is -3.34. The van der Waals surface area contributed by atoms with Crippen molar-refractivity contribution in [3.05, 3.63) is 248 Å². The van der Waals surface area contributed by atoms with Crippen LogP contribution >= 0.6 is 0 Å². The number of pyridine rings is 1. The fourth-order valence-corrected chi connectivity index (χ4v) is 12.8. The summed E-state index contributed by atoms with van der Waals surface area (Å²) in [6, 6.07) is 54.5. The van der Waals surface area contributed by atoms with Gasteiger partial charge in [-0.3, -0.25) is 19.4 Å². The zero-order valence-corrected chi connectivity index (χ0v) is 65.6. The second kappa shape index (κ2) is 32.2. The quantitative estimate of drug-likeness (QED) is 0.0464. The summed E-state index contributed by atoms with van der Waals surface area (Å²) in [5, 5.41) is 36.9. The number of hydrogen-bond acceptors (Lipinski definition) is 25. The lowest BCUT2D eigenvalue weighted by Crippen LogP contribution is -2.14. The third kappa shape index (κ3) is 17.8. The van der Waals surface area contributed by atoms with Crippen LogP contribution in [0.1, 0.15) is 96.7 Å². The van der Waals surface area contributed by atoms with Crippen LogP contribution in [0, 0.1) is 0 Å². The second-order valence-electron chi connectivity index (χ2n) is 30.2. The molecule has 0 saturated heterocycles. The molecule has 10 heterocycles. The Bertz CT molecular complexity index is 6360. The minimum absolute atomic E-state index is 0.0861. The maximum absolute atomic E-state index is 12.6. The number of nitrogen functional groups attached to an aromatic ring is 3. The van der Waals surface area contributed by atoms with E-state index in [4.69, 9.17) is 50.8 Å². The van der Waals surface area contributed by atoms with Gasteiger partial charge in [0.15, 0.2) is 26.8 Å². The maximum atomic E-state index is 12.6. The number of amides is 3. The third-order valence-corrected chi connectivity index (χ3v) is 19.3. The van der Waals surface area contributed by atoms with Gasteiger partial charge in [-0.15, -0.1) is 0 Å². The lowest BCUT2D eigenvalue weighted by molar-refractivity contribution is -0.116. The molecule has 10 aromatic heterocycles. The summed E-state index contributed by atoms with van der Waals surface area (Å²) in [6.45, 7) is 18.2. The van der Waals surface area contributed by atoms with Gasteiger partial charge in [-0.25, -0.2) is 52.4 Å². The van der Waals surface area contributed by atoms with E-state index in [1.165, 1.54) is 31.1 Å². The Kier molecular flexibility index (Phi) is 21.6. The molecule has 0 atom stereocenters. The summed E-state index contributed by atoms with van der Waals surface area (Å²) >= 11 is 0. The minimum atomic E-state index is -3.34. The Morgan fingerprint density at radius 2 is 0.716 bits per heavy atom. The molecule has 0 aliphatic rings. The van der Waals surface area contributed by atoms with Gasteiger partial charge in [-0.05, 0) is 133 Å². The van der Waals surface area contributed by atoms with Crippen molar-refractivity contribution in [2.24, 2.45) is 0 Å². The van der Waals surface area contributed by atoms with Gasteiger partial charge < -0.3 is 51.5 Å². The fourth-order valence-electron chi connectivity index (χ4n) is 12.2. The summed E-state index contributed by atoms with van der Waals surface area (Å²) in [5.74, 6) is 3.99. The SMILES string of the molecule is CC(C)(C)c1cc(CC(=O)Nc2ccc(-n3nc(-c4ccc(Oc5ccccc5)cc4)c4c(N)ncnc43)cc2)no1.CC(C)(C)c1cc(CC(=O)Nc2ccc(-n3nc(-c4ccc(S(C)(=O)=O)cc4)c4c(N)ncnc43)cc2)no1.CC(C)(C)c1cc(CC(=O)Nc2ccc(-n3nc(-c4ccncc4)c4c(N)ncnc43)cc2)no1. The van der Waals surface area contributed by atoms with Crippen molar-refractivity contribution in [3.63, 3.8) is 0 Å². The molecule has 32 heteroatoms. The molecular weight excluding hydrogens is 1490 g/mol. The van der Waals surface area contributed by atoms with Gasteiger partial charge in [0.25, 0.3) is 0 Å². The van der Waals surface area contributed by atoms with E-state index in [-0.39, 0.29) is 63.9 Å². The normalized spacial score (nSPS) is 11.7. The number of fused-ring (bicyclic) bond motifs is 3. The smallest absolute Gasteiger partial charge is 0.230 e. The molecule has 116 heavy (non-hydrogen) atoms. The molecule has 6 aromatic carbocycles. The Labute approximate surface area is 664 Å². The van der Waals surface area contributed by atoms with Crippen molar-refractivity contribution in [3.8, 4) is 62.3 Å². The highest BCUT2D eigenvalue weighted by atomic mass is 32.2. The van der Waals surface area contributed by atoms with Gasteiger partial charge in [-0.2, -0.15) is 15.3 Å². The van der Waals surface area contributed by atoms with Gasteiger partial charge in [0, 0.05) is 86.8 Å². The largest absolute Gasteiger partial charge is 0.457 e. The second-order valence-corrected chi connectivity index (χ2v) is 32.3. The highest BCUT2D eigenvalue weighted by Gasteiger charge is 2.27. The molecule has 0 aliphatic heterocycles. The van der Waals surface area contributed by atoms with Gasteiger partial charge >= 0.3 is 0 Å². The van der Waals surface area contributed by atoms with Gasteiger partial charge in [0.05, 0.1) is 74.5 Å². The minimum Gasteiger partial charge on any atom is -0.457 e. The first kappa shape index (κ1) is 78.0. The zero-order valence-electron chi connectivity index (χ0n) is 64.8. The number of nitrogens with zero attached hydrogens (tertiary/aromatic N) is 16. The van der Waals surface area contributed by atoms with Crippen LogP contribution in [0.2, 0.25) is 0 Å². The van der Waals surface area contributed by atoms with Crippen molar-refractivity contribution < 1.29 is 41.1 Å². The molecule has 0 aliphatic carbocycles. The number of nitrogens with two attached hydrogens (primary N) is 3. The first-order chi connectivity index (χ1) is 55.4. The molecule has 586 valence electrons. The summed E-state index contributed by atoms with van der Waals surface area (Å²) in [5.41, 5.74) is 29.8. The highest BCUT2D eigenvalue weighted by Crippen LogP contribution is 2.37. The van der Waals surface area contributed by atoms with Gasteiger partial charge in [-0.1, -0.05) is 108 Å². The van der Waals surface area contributed by atoms with Crippen molar-refractivity contribution in [2.75, 3.05) is 39.4 Å². The fraction of sp³-hybridized carbons (Fsp3) is 0.190. The van der Waals surface area contributed by atoms with Crippen molar-refractivity contribution in [1.29, 1.82) is 0 Å². The van der Waals surface area contributed by atoms with Crippen molar-refractivity contribution in [2.45, 2.75) is 103 Å². The van der Waals surface area contributed by atoms with Crippen LogP contribution < -0.4 is 37.9 Å². The molecule has 16 aromatic rings. The number of ether oxygens (including phenoxy) is 1. The van der Waals surface area contributed by atoms with Crippen LogP contribution in [-0.2, 0) is 59.7 Å². The zero-order chi connectivity index (χ0) is 81.8. The van der Waals surface area contributed by atoms with E-state index in [1.807, 2.05) is 178 Å². The van der Waals surface area contributed by atoms with E-state index in [9.17, 15) is 22.8 Å². The Morgan fingerprint density at radius 1 is 0.405 bits per heavy atom.